The van der Waals surface area contributed by atoms with Gasteiger partial charge in [0.15, 0.2) is 0 Å². The van der Waals surface area contributed by atoms with Crippen LogP contribution in [0.3, 0.4) is 0 Å². The smallest absolute Gasteiger partial charge is 0.274 e. The van der Waals surface area contributed by atoms with E-state index in [-0.39, 0.29) is 21.9 Å². The van der Waals surface area contributed by atoms with Gasteiger partial charge in [-0.25, -0.2) is 8.42 Å². The van der Waals surface area contributed by atoms with Crippen LogP contribution in [0, 0.1) is 0 Å². The molecule has 8 heteroatoms. The molecule has 29 heavy (non-hydrogen) atoms. The molecule has 1 amide bonds. The van der Waals surface area contributed by atoms with Gasteiger partial charge >= 0.3 is 0 Å². The summed E-state index contributed by atoms with van der Waals surface area (Å²) in [6, 6.07) is 19.0. The number of benzene rings is 3. The van der Waals surface area contributed by atoms with Crippen LogP contribution in [-0.4, -0.2) is 28.5 Å². The number of hydrogen-bond acceptors (Lipinski definition) is 5. The Morgan fingerprint density at radius 3 is 2.14 bits per heavy atom. The summed E-state index contributed by atoms with van der Waals surface area (Å²) in [7, 11) is -1.42. The molecule has 0 saturated carbocycles. The standard InChI is InChI=1S/C21H18BrNO5S/c1-27-18-11-9-17(10-12-18)23(21(24)15-6-4-3-5-7-15)29(25,26)20-14-16(22)8-13-19(20)28-2/h3-14H,1-2H3. The normalized spacial score (nSPS) is 11.0. The SMILES string of the molecule is COc1ccc(N(C(=O)c2ccccc2)S(=O)(=O)c2cc(Br)ccc2OC)cc1. The third-order valence-electron chi connectivity index (χ3n) is 4.16. The Kier molecular flexibility index (Phi) is 6.24. The molecule has 0 atom stereocenters. The van der Waals surface area contributed by atoms with E-state index in [1.54, 1.807) is 48.5 Å². The van der Waals surface area contributed by atoms with E-state index in [2.05, 4.69) is 15.9 Å². The monoisotopic (exact) mass is 475 g/mol. The molecule has 0 aromatic heterocycles. The van der Waals surface area contributed by atoms with Crippen molar-refractivity contribution in [2.45, 2.75) is 4.90 Å². The predicted molar refractivity (Wildman–Crippen MR) is 114 cm³/mol. The quantitative estimate of drug-likeness (QED) is 0.524. The van der Waals surface area contributed by atoms with Crippen molar-refractivity contribution in [3.63, 3.8) is 0 Å². The molecule has 3 aromatic rings. The Bertz CT molecular complexity index is 1120. The van der Waals surface area contributed by atoms with Crippen LogP contribution in [0.15, 0.2) is 82.2 Å². The van der Waals surface area contributed by atoms with E-state index in [9.17, 15) is 13.2 Å². The molecule has 3 rings (SSSR count). The van der Waals surface area contributed by atoms with Gasteiger partial charge in [0.05, 0.1) is 19.9 Å². The highest BCUT2D eigenvalue weighted by Crippen LogP contribution is 2.34. The zero-order valence-electron chi connectivity index (χ0n) is 15.7. The second-order valence-corrected chi connectivity index (χ2v) is 8.60. The molecule has 3 aromatic carbocycles. The third-order valence-corrected chi connectivity index (χ3v) is 6.38. The Labute approximate surface area is 177 Å². The fraction of sp³-hybridized carbons (Fsp3) is 0.0952. The van der Waals surface area contributed by atoms with Gasteiger partial charge in [-0.05, 0) is 54.6 Å². The maximum atomic E-state index is 13.6. The van der Waals surface area contributed by atoms with Crippen LogP contribution < -0.4 is 13.8 Å². The van der Waals surface area contributed by atoms with E-state index in [1.807, 2.05) is 0 Å². The molecule has 0 N–H and O–H groups in total. The zero-order valence-corrected chi connectivity index (χ0v) is 18.1. The van der Waals surface area contributed by atoms with Crippen molar-refractivity contribution < 1.29 is 22.7 Å². The van der Waals surface area contributed by atoms with Crippen LogP contribution in [0.1, 0.15) is 10.4 Å². The van der Waals surface area contributed by atoms with E-state index < -0.39 is 15.9 Å². The van der Waals surface area contributed by atoms with E-state index in [0.29, 0.717) is 10.2 Å². The number of carbonyl (C=O) groups is 1. The van der Waals surface area contributed by atoms with Crippen molar-refractivity contribution in [3.05, 3.63) is 82.8 Å². The largest absolute Gasteiger partial charge is 0.497 e. The summed E-state index contributed by atoms with van der Waals surface area (Å²) in [6.45, 7) is 0. The number of halogens is 1. The lowest BCUT2D eigenvalue weighted by atomic mass is 10.2. The van der Waals surface area contributed by atoms with Crippen LogP contribution in [0.4, 0.5) is 5.69 Å². The number of ether oxygens (including phenoxy) is 2. The van der Waals surface area contributed by atoms with Gasteiger partial charge in [-0.15, -0.1) is 0 Å². The molecule has 0 radical (unpaired) electrons. The maximum Gasteiger partial charge on any atom is 0.274 e. The number of amides is 1. The number of hydrogen-bond donors (Lipinski definition) is 0. The highest BCUT2D eigenvalue weighted by Gasteiger charge is 2.34. The summed E-state index contributed by atoms with van der Waals surface area (Å²) in [5.74, 6) is -0.0105. The molecule has 0 unspecified atom stereocenters. The molecule has 150 valence electrons. The molecule has 0 aliphatic carbocycles. The van der Waals surface area contributed by atoms with Crippen LogP contribution in [0.25, 0.3) is 0 Å². The fourth-order valence-corrected chi connectivity index (χ4v) is 4.85. The third kappa shape index (κ3) is 4.28. The zero-order chi connectivity index (χ0) is 21.0. The van der Waals surface area contributed by atoms with Gasteiger partial charge in [0.2, 0.25) is 0 Å². The molecule has 0 spiro atoms. The van der Waals surface area contributed by atoms with Crippen molar-refractivity contribution in [2.75, 3.05) is 18.5 Å². The molecular weight excluding hydrogens is 458 g/mol. The van der Waals surface area contributed by atoms with E-state index >= 15 is 0 Å². The first-order valence-corrected chi connectivity index (χ1v) is 10.7. The Morgan fingerprint density at radius 2 is 1.55 bits per heavy atom. The highest BCUT2D eigenvalue weighted by molar-refractivity contribution is 9.10. The van der Waals surface area contributed by atoms with Gasteiger partial charge in [0.25, 0.3) is 15.9 Å². The predicted octanol–water partition coefficient (Wildman–Crippen LogP) is 4.50. The lowest BCUT2D eigenvalue weighted by molar-refractivity contribution is 0.101. The van der Waals surface area contributed by atoms with Gasteiger partial charge < -0.3 is 9.47 Å². The first-order chi connectivity index (χ1) is 13.9. The summed E-state index contributed by atoms with van der Waals surface area (Å²) in [6.07, 6.45) is 0. The minimum absolute atomic E-state index is 0.130. The van der Waals surface area contributed by atoms with Crippen molar-refractivity contribution in [1.29, 1.82) is 0 Å². The highest BCUT2D eigenvalue weighted by atomic mass is 79.9. The number of nitrogens with zero attached hydrogens (tertiary/aromatic N) is 1. The van der Waals surface area contributed by atoms with E-state index in [0.717, 1.165) is 4.31 Å². The summed E-state index contributed by atoms with van der Waals surface area (Å²) in [4.78, 5) is 13.1. The molecule has 0 saturated heterocycles. The minimum Gasteiger partial charge on any atom is -0.497 e. The van der Waals surface area contributed by atoms with Crippen molar-refractivity contribution in [1.82, 2.24) is 0 Å². The van der Waals surface area contributed by atoms with Crippen LogP contribution in [0.2, 0.25) is 0 Å². The lowest BCUT2D eigenvalue weighted by Gasteiger charge is -2.24. The van der Waals surface area contributed by atoms with E-state index in [4.69, 9.17) is 9.47 Å². The summed E-state index contributed by atoms with van der Waals surface area (Å²) >= 11 is 3.28. The fourth-order valence-electron chi connectivity index (χ4n) is 2.73. The Balaban J connectivity index is 2.21. The van der Waals surface area contributed by atoms with Gasteiger partial charge in [-0.3, -0.25) is 4.79 Å². The molecule has 0 heterocycles. The van der Waals surface area contributed by atoms with Crippen LogP contribution in [0.5, 0.6) is 11.5 Å². The second kappa shape index (κ2) is 8.67. The first kappa shape index (κ1) is 20.9. The maximum absolute atomic E-state index is 13.6. The molecular formula is C21H18BrNO5S. The Morgan fingerprint density at radius 1 is 0.897 bits per heavy atom. The van der Waals surface area contributed by atoms with Crippen LogP contribution in [-0.2, 0) is 10.0 Å². The number of anilines is 1. The van der Waals surface area contributed by atoms with Crippen LogP contribution >= 0.6 is 15.9 Å². The molecule has 0 bridgehead atoms. The summed E-state index contributed by atoms with van der Waals surface area (Å²) < 4.78 is 38.9. The second-order valence-electron chi connectivity index (χ2n) is 5.93. The van der Waals surface area contributed by atoms with Gasteiger partial charge in [0.1, 0.15) is 16.4 Å². The average molecular weight is 476 g/mol. The lowest BCUT2D eigenvalue weighted by Crippen LogP contribution is -2.37. The molecule has 0 aliphatic rings. The summed E-state index contributed by atoms with van der Waals surface area (Å²) in [5.41, 5.74) is 0.419. The van der Waals surface area contributed by atoms with E-state index in [1.165, 1.54) is 38.5 Å². The minimum atomic E-state index is -4.30. The van der Waals surface area contributed by atoms with Gasteiger partial charge in [-0.2, -0.15) is 4.31 Å². The average Bonchev–Trinajstić information content (AvgIpc) is 2.74. The van der Waals surface area contributed by atoms with Gasteiger partial charge in [-0.1, -0.05) is 34.1 Å². The molecule has 0 fully saturated rings. The van der Waals surface area contributed by atoms with Crippen molar-refractivity contribution in [3.8, 4) is 11.5 Å². The van der Waals surface area contributed by atoms with Crippen molar-refractivity contribution >= 4 is 37.5 Å². The van der Waals surface area contributed by atoms with Gasteiger partial charge in [0, 0.05) is 10.0 Å². The summed E-state index contributed by atoms with van der Waals surface area (Å²) in [5, 5.41) is 0. The number of rotatable bonds is 6. The Hall–Kier alpha value is -2.84. The first-order valence-electron chi connectivity index (χ1n) is 8.51. The number of carbonyl (C=O) groups excluding carboxylic acids is 1. The van der Waals surface area contributed by atoms with Crippen molar-refractivity contribution in [2.24, 2.45) is 0 Å². The topological polar surface area (TPSA) is 72.9 Å². The number of sulfonamides is 1. The number of methoxy groups -OCH3 is 2. The molecule has 6 nitrogen and oxygen atoms in total. The molecule has 0 aliphatic heterocycles.